The zero-order chi connectivity index (χ0) is 21.8. The summed E-state index contributed by atoms with van der Waals surface area (Å²) in [5, 5.41) is 5.81. The van der Waals surface area contributed by atoms with Crippen LogP contribution in [0.3, 0.4) is 0 Å². The lowest BCUT2D eigenvalue weighted by atomic mass is 9.81. The van der Waals surface area contributed by atoms with E-state index in [1.807, 2.05) is 37.3 Å². The second kappa shape index (κ2) is 12.7. The SMILES string of the molecule is CCCO[B][C@H](CC(C)C)NC(=O)[C@H](Cc1ccccc1)NC(=O)c1cnccn1. The highest BCUT2D eigenvalue weighted by atomic mass is 16.4. The summed E-state index contributed by atoms with van der Waals surface area (Å²) in [5.74, 6) is -0.571. The van der Waals surface area contributed by atoms with E-state index in [9.17, 15) is 9.59 Å². The molecule has 0 saturated heterocycles. The normalized spacial score (nSPS) is 12.8. The zero-order valence-corrected chi connectivity index (χ0v) is 17.9. The molecule has 2 rings (SSSR count). The van der Waals surface area contributed by atoms with E-state index >= 15 is 0 Å². The van der Waals surface area contributed by atoms with Crippen LogP contribution in [0.4, 0.5) is 0 Å². The molecule has 0 spiro atoms. The Labute approximate surface area is 179 Å². The highest BCUT2D eigenvalue weighted by Gasteiger charge is 2.26. The van der Waals surface area contributed by atoms with Gasteiger partial charge in [0.15, 0.2) is 0 Å². The lowest BCUT2D eigenvalue weighted by Crippen LogP contribution is -2.52. The topological polar surface area (TPSA) is 93.2 Å². The summed E-state index contributed by atoms with van der Waals surface area (Å²) in [7, 11) is 1.69. The van der Waals surface area contributed by atoms with Crippen LogP contribution < -0.4 is 10.6 Å². The van der Waals surface area contributed by atoms with Crippen LogP contribution in [0.5, 0.6) is 0 Å². The van der Waals surface area contributed by atoms with Gasteiger partial charge in [-0.05, 0) is 24.3 Å². The molecule has 7 nitrogen and oxygen atoms in total. The summed E-state index contributed by atoms with van der Waals surface area (Å²) in [4.78, 5) is 33.6. The van der Waals surface area contributed by atoms with E-state index < -0.39 is 11.9 Å². The van der Waals surface area contributed by atoms with Gasteiger partial charge in [0, 0.05) is 31.4 Å². The molecule has 8 heteroatoms. The number of carbonyl (C=O) groups is 2. The molecule has 1 aromatic carbocycles. The van der Waals surface area contributed by atoms with Crippen LogP contribution in [-0.2, 0) is 15.9 Å². The number of carbonyl (C=O) groups excluding carboxylic acids is 2. The van der Waals surface area contributed by atoms with Crippen LogP contribution in [0.1, 0.15) is 49.7 Å². The van der Waals surface area contributed by atoms with E-state index in [2.05, 4.69) is 34.4 Å². The minimum Gasteiger partial charge on any atom is -0.438 e. The first-order valence-electron chi connectivity index (χ1n) is 10.4. The minimum absolute atomic E-state index is 0.167. The van der Waals surface area contributed by atoms with Gasteiger partial charge in [0.2, 0.25) is 5.91 Å². The number of aromatic nitrogens is 2. The van der Waals surface area contributed by atoms with Gasteiger partial charge in [-0.1, -0.05) is 51.1 Å². The van der Waals surface area contributed by atoms with Crippen molar-refractivity contribution in [3.63, 3.8) is 0 Å². The molecule has 2 N–H and O–H groups in total. The molecule has 0 saturated carbocycles. The van der Waals surface area contributed by atoms with Crippen LogP contribution in [0, 0.1) is 5.92 Å². The average molecular weight is 409 g/mol. The van der Waals surface area contributed by atoms with Crippen LogP contribution in [0.25, 0.3) is 0 Å². The standard InChI is InChI=1S/C22H30BN4O3/c1-4-12-30-23-20(13-16(2)3)27-21(28)18(14-17-8-6-5-7-9-17)26-22(29)19-15-24-10-11-25-19/h5-11,15-16,18,20H,4,12-14H2,1-3H3,(H,26,29)(H,27,28)/t18-,20-/m0/s1. The Morgan fingerprint density at radius 1 is 1.13 bits per heavy atom. The summed E-state index contributed by atoms with van der Waals surface area (Å²) in [6, 6.07) is 8.82. The van der Waals surface area contributed by atoms with Gasteiger partial charge in [0.1, 0.15) is 11.7 Å². The summed E-state index contributed by atoms with van der Waals surface area (Å²) in [6.07, 6.45) is 6.31. The summed E-state index contributed by atoms with van der Waals surface area (Å²) in [6.45, 7) is 6.80. The van der Waals surface area contributed by atoms with Gasteiger partial charge >= 0.3 is 7.48 Å². The maximum atomic E-state index is 13.1. The number of hydrogen-bond acceptors (Lipinski definition) is 5. The number of rotatable bonds is 12. The third-order valence-corrected chi connectivity index (χ3v) is 4.34. The average Bonchev–Trinajstić information content (AvgIpc) is 2.74. The van der Waals surface area contributed by atoms with Crippen molar-refractivity contribution in [3.05, 3.63) is 60.2 Å². The highest BCUT2D eigenvalue weighted by Crippen LogP contribution is 2.08. The maximum Gasteiger partial charge on any atom is 0.316 e. The van der Waals surface area contributed by atoms with Gasteiger partial charge in [0.05, 0.1) is 6.20 Å². The van der Waals surface area contributed by atoms with Crippen molar-refractivity contribution < 1.29 is 14.2 Å². The molecule has 1 aromatic heterocycles. The molecule has 1 radical (unpaired) electrons. The van der Waals surface area contributed by atoms with Crippen molar-refractivity contribution in [2.24, 2.45) is 5.92 Å². The molecule has 30 heavy (non-hydrogen) atoms. The van der Waals surface area contributed by atoms with Crippen LogP contribution in [0.2, 0.25) is 0 Å². The molecule has 0 aliphatic rings. The van der Waals surface area contributed by atoms with Gasteiger partial charge in [0.25, 0.3) is 5.91 Å². The number of nitrogens with one attached hydrogen (secondary N) is 2. The lowest BCUT2D eigenvalue weighted by molar-refractivity contribution is -0.123. The molecule has 2 amide bonds. The van der Waals surface area contributed by atoms with Crippen molar-refractivity contribution in [2.45, 2.75) is 52.0 Å². The van der Waals surface area contributed by atoms with Gasteiger partial charge in [-0.25, -0.2) is 4.98 Å². The van der Waals surface area contributed by atoms with Gasteiger partial charge in [-0.2, -0.15) is 0 Å². The highest BCUT2D eigenvalue weighted by molar-refractivity contribution is 6.30. The molecular formula is C22H30BN4O3. The van der Waals surface area contributed by atoms with E-state index in [0.717, 1.165) is 18.4 Å². The monoisotopic (exact) mass is 409 g/mol. The van der Waals surface area contributed by atoms with Gasteiger partial charge in [-0.15, -0.1) is 0 Å². The molecule has 0 aliphatic heterocycles. The first-order valence-corrected chi connectivity index (χ1v) is 10.4. The predicted molar refractivity (Wildman–Crippen MR) is 117 cm³/mol. The predicted octanol–water partition coefficient (Wildman–Crippen LogP) is 2.35. The maximum absolute atomic E-state index is 13.1. The Hall–Kier alpha value is -2.74. The van der Waals surface area contributed by atoms with Crippen molar-refractivity contribution in [3.8, 4) is 0 Å². The van der Waals surface area contributed by atoms with E-state index in [4.69, 9.17) is 4.65 Å². The molecule has 0 aliphatic carbocycles. The summed E-state index contributed by atoms with van der Waals surface area (Å²) < 4.78 is 5.55. The van der Waals surface area contributed by atoms with Crippen molar-refractivity contribution in [1.82, 2.24) is 20.6 Å². The second-order valence-electron chi connectivity index (χ2n) is 7.56. The van der Waals surface area contributed by atoms with Gasteiger partial charge in [-0.3, -0.25) is 14.6 Å². The summed E-state index contributed by atoms with van der Waals surface area (Å²) in [5.41, 5.74) is 1.11. The molecule has 0 fully saturated rings. The fraction of sp³-hybridized carbons (Fsp3) is 0.455. The Bertz CT molecular complexity index is 774. The largest absolute Gasteiger partial charge is 0.438 e. The van der Waals surface area contributed by atoms with Crippen LogP contribution >= 0.6 is 0 Å². The van der Waals surface area contributed by atoms with Crippen molar-refractivity contribution in [1.29, 1.82) is 0 Å². The second-order valence-corrected chi connectivity index (χ2v) is 7.56. The third kappa shape index (κ3) is 8.33. The fourth-order valence-electron chi connectivity index (χ4n) is 2.95. The van der Waals surface area contributed by atoms with E-state index in [-0.39, 0.29) is 17.5 Å². The molecule has 2 atom stereocenters. The van der Waals surface area contributed by atoms with Crippen molar-refractivity contribution >= 4 is 19.3 Å². The molecule has 2 aromatic rings. The first kappa shape index (κ1) is 23.5. The Balaban J connectivity index is 2.12. The lowest BCUT2D eigenvalue weighted by Gasteiger charge is -2.24. The first-order chi connectivity index (χ1) is 14.5. The third-order valence-electron chi connectivity index (χ3n) is 4.34. The number of nitrogens with zero attached hydrogens (tertiary/aromatic N) is 2. The molecule has 0 unspecified atom stereocenters. The Kier molecular flexibility index (Phi) is 10.0. The Morgan fingerprint density at radius 2 is 1.90 bits per heavy atom. The summed E-state index contributed by atoms with van der Waals surface area (Å²) >= 11 is 0. The quantitative estimate of drug-likeness (QED) is 0.415. The van der Waals surface area contributed by atoms with Crippen molar-refractivity contribution in [2.75, 3.05) is 6.61 Å². The van der Waals surface area contributed by atoms with Gasteiger partial charge < -0.3 is 15.3 Å². The smallest absolute Gasteiger partial charge is 0.316 e. The van der Waals surface area contributed by atoms with E-state index in [1.165, 1.54) is 18.6 Å². The van der Waals surface area contributed by atoms with E-state index in [1.54, 1.807) is 7.48 Å². The van der Waals surface area contributed by atoms with E-state index in [0.29, 0.717) is 18.9 Å². The Morgan fingerprint density at radius 3 is 2.53 bits per heavy atom. The molecular weight excluding hydrogens is 379 g/mol. The fourth-order valence-corrected chi connectivity index (χ4v) is 2.95. The van der Waals surface area contributed by atoms with Crippen LogP contribution in [-0.4, -0.2) is 47.9 Å². The number of amides is 2. The zero-order valence-electron chi connectivity index (χ0n) is 17.9. The molecule has 1 heterocycles. The molecule has 0 bridgehead atoms. The minimum atomic E-state index is -0.754. The number of benzene rings is 1. The van der Waals surface area contributed by atoms with Crippen LogP contribution in [0.15, 0.2) is 48.9 Å². The molecule has 159 valence electrons. The number of hydrogen-bond donors (Lipinski definition) is 2.